The summed E-state index contributed by atoms with van der Waals surface area (Å²) in [7, 11) is 0. The van der Waals surface area contributed by atoms with Gasteiger partial charge in [0.25, 0.3) is 0 Å². The molecular formula is C13H17NO3. The van der Waals surface area contributed by atoms with Crippen molar-refractivity contribution in [1.29, 1.82) is 0 Å². The van der Waals surface area contributed by atoms with E-state index in [9.17, 15) is 4.79 Å². The van der Waals surface area contributed by atoms with E-state index in [1.165, 1.54) is 0 Å². The number of hydrogen-bond acceptors (Lipinski definition) is 4. The summed E-state index contributed by atoms with van der Waals surface area (Å²) in [6, 6.07) is 6.71. The minimum absolute atomic E-state index is 0.0569. The van der Waals surface area contributed by atoms with Crippen molar-refractivity contribution in [2.24, 2.45) is 0 Å². The minimum atomic E-state index is -0.320. The highest BCUT2D eigenvalue weighted by molar-refractivity contribution is 5.89. The van der Waals surface area contributed by atoms with Gasteiger partial charge in [0.15, 0.2) is 0 Å². The lowest BCUT2D eigenvalue weighted by atomic mass is 10.1. The van der Waals surface area contributed by atoms with Crippen LogP contribution in [0.1, 0.15) is 29.6 Å². The van der Waals surface area contributed by atoms with Crippen molar-refractivity contribution in [1.82, 2.24) is 0 Å². The van der Waals surface area contributed by atoms with Gasteiger partial charge in [-0.1, -0.05) is 0 Å². The summed E-state index contributed by atoms with van der Waals surface area (Å²) in [4.78, 5) is 11.7. The zero-order valence-electron chi connectivity index (χ0n) is 9.72. The molecule has 1 aliphatic rings. The first-order valence-electron chi connectivity index (χ1n) is 5.90. The van der Waals surface area contributed by atoms with Crippen molar-refractivity contribution in [3.05, 3.63) is 29.8 Å². The van der Waals surface area contributed by atoms with E-state index in [-0.39, 0.29) is 12.1 Å². The maximum absolute atomic E-state index is 11.7. The number of benzene rings is 1. The molecule has 1 atom stereocenters. The lowest BCUT2D eigenvalue weighted by Gasteiger charge is -2.22. The molecule has 0 bridgehead atoms. The standard InChI is InChI=1S/C13H17NO3/c14-11-6-4-10(5-7-11)13(15)17-9-12-3-1-2-8-16-12/h4-7,12H,1-3,8-9,14H2/t12-/m0/s1. The summed E-state index contributed by atoms with van der Waals surface area (Å²) in [5.74, 6) is -0.320. The van der Waals surface area contributed by atoms with Crippen molar-refractivity contribution in [3.63, 3.8) is 0 Å². The predicted molar refractivity (Wildman–Crippen MR) is 64.7 cm³/mol. The van der Waals surface area contributed by atoms with Crippen LogP contribution < -0.4 is 5.73 Å². The van der Waals surface area contributed by atoms with E-state index in [0.717, 1.165) is 25.9 Å². The Bertz CT molecular complexity index is 369. The second-order valence-electron chi connectivity index (χ2n) is 4.21. The molecule has 0 amide bonds. The van der Waals surface area contributed by atoms with Crippen LogP contribution in [0.5, 0.6) is 0 Å². The molecule has 0 aliphatic carbocycles. The molecule has 1 aliphatic heterocycles. The van der Waals surface area contributed by atoms with Crippen LogP contribution in [0.4, 0.5) is 5.69 Å². The maximum Gasteiger partial charge on any atom is 0.338 e. The highest BCUT2D eigenvalue weighted by Crippen LogP contribution is 2.14. The molecule has 4 heteroatoms. The summed E-state index contributed by atoms with van der Waals surface area (Å²) in [5, 5.41) is 0. The first-order chi connectivity index (χ1) is 8.25. The predicted octanol–water partition coefficient (Wildman–Crippen LogP) is 1.99. The van der Waals surface area contributed by atoms with Crippen molar-refractivity contribution in [2.45, 2.75) is 25.4 Å². The largest absolute Gasteiger partial charge is 0.459 e. The normalized spacial score (nSPS) is 19.9. The van der Waals surface area contributed by atoms with E-state index in [1.54, 1.807) is 24.3 Å². The summed E-state index contributed by atoms with van der Waals surface area (Å²) in [6.45, 7) is 1.10. The average molecular weight is 235 g/mol. The van der Waals surface area contributed by atoms with Gasteiger partial charge < -0.3 is 15.2 Å². The number of carbonyl (C=O) groups excluding carboxylic acids is 1. The molecule has 2 N–H and O–H groups in total. The molecule has 0 unspecified atom stereocenters. The number of rotatable bonds is 3. The van der Waals surface area contributed by atoms with Crippen LogP contribution in [0.15, 0.2) is 24.3 Å². The lowest BCUT2D eigenvalue weighted by Crippen LogP contribution is -2.25. The first-order valence-corrected chi connectivity index (χ1v) is 5.90. The third-order valence-corrected chi connectivity index (χ3v) is 2.82. The molecular weight excluding hydrogens is 218 g/mol. The number of ether oxygens (including phenoxy) is 2. The van der Waals surface area contributed by atoms with E-state index in [0.29, 0.717) is 17.9 Å². The summed E-state index contributed by atoms with van der Waals surface area (Å²) in [6.07, 6.45) is 3.27. The van der Waals surface area contributed by atoms with Gasteiger partial charge in [0.2, 0.25) is 0 Å². The third-order valence-electron chi connectivity index (χ3n) is 2.82. The Morgan fingerprint density at radius 1 is 1.35 bits per heavy atom. The monoisotopic (exact) mass is 235 g/mol. The molecule has 92 valence electrons. The Balaban J connectivity index is 1.82. The SMILES string of the molecule is Nc1ccc(C(=O)OC[C@@H]2CCCCO2)cc1. The molecule has 1 aromatic carbocycles. The minimum Gasteiger partial charge on any atom is -0.459 e. The van der Waals surface area contributed by atoms with Gasteiger partial charge in [0.05, 0.1) is 11.7 Å². The van der Waals surface area contributed by atoms with Crippen molar-refractivity contribution < 1.29 is 14.3 Å². The van der Waals surface area contributed by atoms with Crippen LogP contribution in [0.25, 0.3) is 0 Å². The Labute approximate surface area is 101 Å². The molecule has 1 heterocycles. The second kappa shape index (κ2) is 5.68. The molecule has 1 aromatic rings. The van der Waals surface area contributed by atoms with Gasteiger partial charge in [0.1, 0.15) is 6.61 Å². The first kappa shape index (κ1) is 11.9. The summed E-state index contributed by atoms with van der Waals surface area (Å²) >= 11 is 0. The van der Waals surface area contributed by atoms with E-state index >= 15 is 0 Å². The summed E-state index contributed by atoms with van der Waals surface area (Å²) in [5.41, 5.74) is 6.70. The number of esters is 1. The molecule has 4 nitrogen and oxygen atoms in total. The molecule has 1 saturated heterocycles. The van der Waals surface area contributed by atoms with Gasteiger partial charge in [-0.15, -0.1) is 0 Å². The topological polar surface area (TPSA) is 61.6 Å². The van der Waals surface area contributed by atoms with Crippen LogP contribution in [0.3, 0.4) is 0 Å². The Morgan fingerprint density at radius 3 is 2.76 bits per heavy atom. The Kier molecular flexibility index (Phi) is 3.98. The van der Waals surface area contributed by atoms with Crippen LogP contribution in [-0.2, 0) is 9.47 Å². The number of carbonyl (C=O) groups is 1. The number of anilines is 1. The molecule has 2 rings (SSSR count). The highest BCUT2D eigenvalue weighted by Gasteiger charge is 2.16. The van der Waals surface area contributed by atoms with Gasteiger partial charge in [-0.05, 0) is 43.5 Å². The molecule has 17 heavy (non-hydrogen) atoms. The quantitative estimate of drug-likeness (QED) is 0.643. The number of nitrogens with two attached hydrogens (primary N) is 1. The molecule has 0 aromatic heterocycles. The zero-order chi connectivity index (χ0) is 12.1. The van der Waals surface area contributed by atoms with Crippen LogP contribution >= 0.6 is 0 Å². The fraction of sp³-hybridized carbons (Fsp3) is 0.462. The highest BCUT2D eigenvalue weighted by atomic mass is 16.6. The number of nitrogen functional groups attached to an aromatic ring is 1. The van der Waals surface area contributed by atoms with E-state index in [1.807, 2.05) is 0 Å². The van der Waals surface area contributed by atoms with Crippen LogP contribution in [0.2, 0.25) is 0 Å². The van der Waals surface area contributed by atoms with Gasteiger partial charge in [-0.3, -0.25) is 0 Å². The van der Waals surface area contributed by atoms with Gasteiger partial charge in [0, 0.05) is 12.3 Å². The van der Waals surface area contributed by atoms with E-state index in [4.69, 9.17) is 15.2 Å². The van der Waals surface area contributed by atoms with Gasteiger partial charge in [-0.25, -0.2) is 4.79 Å². The van der Waals surface area contributed by atoms with Gasteiger partial charge >= 0.3 is 5.97 Å². The third kappa shape index (κ3) is 3.46. The maximum atomic E-state index is 11.7. The average Bonchev–Trinajstić information content (AvgIpc) is 2.38. The second-order valence-corrected chi connectivity index (χ2v) is 4.21. The molecule has 0 radical (unpaired) electrons. The van der Waals surface area contributed by atoms with Crippen molar-refractivity contribution >= 4 is 11.7 Å². The molecule has 1 fully saturated rings. The van der Waals surface area contributed by atoms with Crippen molar-refractivity contribution in [3.8, 4) is 0 Å². The molecule has 0 spiro atoms. The van der Waals surface area contributed by atoms with Crippen LogP contribution in [0, 0.1) is 0 Å². The molecule has 0 saturated carbocycles. The fourth-order valence-electron chi connectivity index (χ4n) is 1.81. The Hall–Kier alpha value is -1.55. The van der Waals surface area contributed by atoms with E-state index < -0.39 is 0 Å². The summed E-state index contributed by atoms with van der Waals surface area (Å²) < 4.78 is 10.7. The Morgan fingerprint density at radius 2 is 2.12 bits per heavy atom. The van der Waals surface area contributed by atoms with Crippen LogP contribution in [-0.4, -0.2) is 25.3 Å². The fourth-order valence-corrected chi connectivity index (χ4v) is 1.81. The lowest BCUT2D eigenvalue weighted by molar-refractivity contribution is -0.0300. The van der Waals surface area contributed by atoms with Gasteiger partial charge in [-0.2, -0.15) is 0 Å². The van der Waals surface area contributed by atoms with Crippen molar-refractivity contribution in [2.75, 3.05) is 18.9 Å². The van der Waals surface area contributed by atoms with E-state index in [2.05, 4.69) is 0 Å². The zero-order valence-corrected chi connectivity index (χ0v) is 9.72. The smallest absolute Gasteiger partial charge is 0.338 e. The number of hydrogen-bond donors (Lipinski definition) is 1.